The third kappa shape index (κ3) is 4.88. The van der Waals surface area contributed by atoms with Gasteiger partial charge in [0.15, 0.2) is 0 Å². The van der Waals surface area contributed by atoms with E-state index < -0.39 is 11.4 Å². The third-order valence-corrected chi connectivity index (χ3v) is 12.5. The second kappa shape index (κ2) is 10.5. The molecule has 4 fully saturated rings. The first-order valence-corrected chi connectivity index (χ1v) is 16.1. The molecule has 11 atom stereocenters. The highest BCUT2D eigenvalue weighted by Gasteiger charge is 2.65. The van der Waals surface area contributed by atoms with E-state index in [0.717, 1.165) is 50.4 Å². The molecule has 1 saturated heterocycles. The SMILES string of the molecule is CC(=O)O[C@H]1CC[C@@]2(C)C(=CCC3C4CC5O[C@H](CC[C@@H](C)Cn6cc(C)c(=O)oc6=O)[C@@H](C)C5[C@@]4(C)CCC32)C1. The fourth-order valence-corrected chi connectivity index (χ4v) is 10.5. The predicted octanol–water partition coefficient (Wildman–Crippen LogP) is 6.05. The number of fused-ring (bicyclic) bond motifs is 7. The lowest BCUT2D eigenvalue weighted by molar-refractivity contribution is -0.148. The monoisotopic (exact) mass is 567 g/mol. The topological polar surface area (TPSA) is 87.7 Å². The van der Waals surface area contributed by atoms with Crippen molar-refractivity contribution in [2.24, 2.45) is 46.3 Å². The molecular formula is C34H49NO6. The summed E-state index contributed by atoms with van der Waals surface area (Å²) in [7, 11) is 0. The molecule has 3 saturated carbocycles. The number of hydrogen-bond acceptors (Lipinski definition) is 6. The molecule has 1 aromatic heterocycles. The first-order valence-electron chi connectivity index (χ1n) is 16.1. The average molecular weight is 568 g/mol. The molecule has 0 bridgehead atoms. The van der Waals surface area contributed by atoms with Crippen molar-refractivity contribution in [1.29, 1.82) is 0 Å². The molecule has 5 aliphatic rings. The zero-order chi connectivity index (χ0) is 29.3. The van der Waals surface area contributed by atoms with Crippen LogP contribution < -0.4 is 11.4 Å². The number of ether oxygens (including phenoxy) is 2. The number of hydrogen-bond donors (Lipinski definition) is 0. The minimum atomic E-state index is -0.571. The number of carbonyl (C=O) groups is 1. The van der Waals surface area contributed by atoms with Crippen LogP contribution in [0.25, 0.3) is 0 Å². The van der Waals surface area contributed by atoms with E-state index in [1.807, 2.05) is 0 Å². The summed E-state index contributed by atoms with van der Waals surface area (Å²) in [6, 6.07) is 0. The van der Waals surface area contributed by atoms with E-state index in [4.69, 9.17) is 13.9 Å². The summed E-state index contributed by atoms with van der Waals surface area (Å²) in [6.07, 6.45) is 14.8. The molecule has 2 heterocycles. The van der Waals surface area contributed by atoms with Crippen LogP contribution in [0.4, 0.5) is 0 Å². The highest BCUT2D eigenvalue weighted by Crippen LogP contribution is 2.69. The number of aromatic nitrogens is 1. The molecule has 0 radical (unpaired) electrons. The number of esters is 1. The van der Waals surface area contributed by atoms with Gasteiger partial charge in [-0.2, -0.15) is 0 Å². The smallest absolute Gasteiger partial charge is 0.421 e. The average Bonchev–Trinajstić information content (AvgIpc) is 3.39. The normalized spacial score (nSPS) is 42.0. The second-order valence-corrected chi connectivity index (χ2v) is 14.9. The first kappa shape index (κ1) is 28.9. The van der Waals surface area contributed by atoms with Gasteiger partial charge < -0.3 is 13.9 Å². The van der Waals surface area contributed by atoms with Crippen molar-refractivity contribution in [2.45, 2.75) is 124 Å². The highest BCUT2D eigenvalue weighted by molar-refractivity contribution is 5.66. The summed E-state index contributed by atoms with van der Waals surface area (Å²) in [6.45, 7) is 13.4. The number of allylic oxidation sites excluding steroid dienone is 1. The molecule has 41 heavy (non-hydrogen) atoms. The van der Waals surface area contributed by atoms with Gasteiger partial charge in [0.1, 0.15) is 6.10 Å². The third-order valence-electron chi connectivity index (χ3n) is 12.5. The fraction of sp³-hybridized carbons (Fsp3) is 0.794. The van der Waals surface area contributed by atoms with E-state index >= 15 is 0 Å². The molecule has 5 unspecified atom stereocenters. The van der Waals surface area contributed by atoms with E-state index in [2.05, 4.69) is 33.8 Å². The number of aryl methyl sites for hydroxylation is 1. The zero-order valence-corrected chi connectivity index (χ0v) is 25.8. The number of rotatable bonds is 6. The van der Waals surface area contributed by atoms with Gasteiger partial charge in [-0.25, -0.2) is 9.59 Å². The van der Waals surface area contributed by atoms with E-state index in [-0.39, 0.29) is 29.5 Å². The molecule has 4 aliphatic carbocycles. The summed E-state index contributed by atoms with van der Waals surface area (Å²) in [4.78, 5) is 35.4. The van der Waals surface area contributed by atoms with Gasteiger partial charge in [0.05, 0.1) is 17.8 Å². The molecule has 1 aliphatic heterocycles. The van der Waals surface area contributed by atoms with Crippen LogP contribution in [0.1, 0.15) is 98.0 Å². The Kier molecular flexibility index (Phi) is 7.44. The fourth-order valence-electron chi connectivity index (χ4n) is 10.5. The van der Waals surface area contributed by atoms with Crippen molar-refractivity contribution >= 4 is 5.97 Å². The molecule has 0 spiro atoms. The lowest BCUT2D eigenvalue weighted by Gasteiger charge is -2.58. The van der Waals surface area contributed by atoms with Gasteiger partial charge in [-0.1, -0.05) is 39.3 Å². The van der Waals surface area contributed by atoms with Gasteiger partial charge >= 0.3 is 17.4 Å². The molecular weight excluding hydrogens is 518 g/mol. The standard InChI is InChI=1S/C34H49NO6/c1-19(17-35-18-20(2)31(37)41-32(35)38)7-10-28-21(3)30-29(40-28)16-27-25-9-8-23-15-24(39-22(4)36)11-13-33(23,5)26(25)12-14-34(27,30)6/h8,18-19,21,24-30H,7,9-17H2,1-6H3/t19-,21-,24+,25?,26?,27?,28-,29?,30?,33+,34+/m1/s1. The second-order valence-electron chi connectivity index (χ2n) is 14.9. The molecule has 0 aromatic carbocycles. The van der Waals surface area contributed by atoms with Crippen molar-refractivity contribution in [3.63, 3.8) is 0 Å². The van der Waals surface area contributed by atoms with Crippen LogP contribution in [0.15, 0.2) is 31.9 Å². The molecule has 7 nitrogen and oxygen atoms in total. The van der Waals surface area contributed by atoms with Gasteiger partial charge in [-0.15, -0.1) is 0 Å². The van der Waals surface area contributed by atoms with Crippen LogP contribution in [-0.4, -0.2) is 28.8 Å². The maximum absolute atomic E-state index is 12.1. The Labute approximate surface area is 244 Å². The summed E-state index contributed by atoms with van der Waals surface area (Å²) in [5.41, 5.74) is 2.03. The Hall–Kier alpha value is -2.15. The van der Waals surface area contributed by atoms with Crippen LogP contribution in [0.2, 0.25) is 0 Å². The van der Waals surface area contributed by atoms with Crippen LogP contribution in [0.3, 0.4) is 0 Å². The summed E-state index contributed by atoms with van der Waals surface area (Å²) >= 11 is 0. The molecule has 7 heteroatoms. The molecule has 0 N–H and O–H groups in total. The maximum atomic E-state index is 12.1. The molecule has 0 amide bonds. The summed E-state index contributed by atoms with van der Waals surface area (Å²) in [5, 5.41) is 0. The van der Waals surface area contributed by atoms with E-state index in [9.17, 15) is 14.4 Å². The Morgan fingerprint density at radius 1 is 1.20 bits per heavy atom. The zero-order valence-electron chi connectivity index (χ0n) is 25.8. The van der Waals surface area contributed by atoms with Gasteiger partial charge in [-0.05, 0) is 105 Å². The van der Waals surface area contributed by atoms with Crippen LogP contribution in [-0.2, 0) is 20.8 Å². The van der Waals surface area contributed by atoms with Crippen LogP contribution in [0, 0.1) is 53.3 Å². The van der Waals surface area contributed by atoms with Crippen molar-refractivity contribution in [2.75, 3.05) is 0 Å². The van der Waals surface area contributed by atoms with Crippen molar-refractivity contribution < 1.29 is 18.7 Å². The quantitative estimate of drug-likeness (QED) is 0.307. The minimum Gasteiger partial charge on any atom is -0.462 e. The van der Waals surface area contributed by atoms with Crippen LogP contribution >= 0.6 is 0 Å². The van der Waals surface area contributed by atoms with Gasteiger partial charge in [-0.3, -0.25) is 9.36 Å². The summed E-state index contributed by atoms with van der Waals surface area (Å²) in [5.74, 6) is 2.86. The van der Waals surface area contributed by atoms with Crippen LogP contribution in [0.5, 0.6) is 0 Å². The van der Waals surface area contributed by atoms with Gasteiger partial charge in [0.2, 0.25) is 0 Å². The van der Waals surface area contributed by atoms with E-state index in [0.29, 0.717) is 41.4 Å². The number of carbonyl (C=O) groups excluding carboxylic acids is 1. The van der Waals surface area contributed by atoms with Crippen molar-refractivity contribution in [1.82, 2.24) is 4.57 Å². The van der Waals surface area contributed by atoms with Crippen molar-refractivity contribution in [3.8, 4) is 0 Å². The van der Waals surface area contributed by atoms with Gasteiger partial charge in [0.25, 0.3) is 0 Å². The number of nitrogens with zero attached hydrogens (tertiary/aromatic N) is 1. The Bertz CT molecular complexity index is 1330. The van der Waals surface area contributed by atoms with E-state index in [1.54, 1.807) is 18.7 Å². The highest BCUT2D eigenvalue weighted by atomic mass is 16.5. The van der Waals surface area contributed by atoms with E-state index in [1.165, 1.54) is 30.8 Å². The Morgan fingerprint density at radius 3 is 2.73 bits per heavy atom. The predicted molar refractivity (Wildman–Crippen MR) is 156 cm³/mol. The Morgan fingerprint density at radius 2 is 1.98 bits per heavy atom. The first-order chi connectivity index (χ1) is 19.4. The summed E-state index contributed by atoms with van der Waals surface area (Å²) < 4.78 is 18.9. The minimum absolute atomic E-state index is 0.0513. The lowest BCUT2D eigenvalue weighted by atomic mass is 9.47. The Balaban J connectivity index is 1.10. The largest absolute Gasteiger partial charge is 0.462 e. The maximum Gasteiger partial charge on any atom is 0.421 e. The molecule has 226 valence electrons. The van der Waals surface area contributed by atoms with Gasteiger partial charge in [0, 0.05) is 26.1 Å². The van der Waals surface area contributed by atoms with Crippen molar-refractivity contribution in [3.05, 3.63) is 44.4 Å². The molecule has 6 rings (SSSR count). The lowest BCUT2D eigenvalue weighted by Crippen LogP contribution is -2.51. The molecule has 1 aromatic rings.